The number of carbonyl (C=O) groups is 1. The van der Waals surface area contributed by atoms with E-state index in [0.717, 1.165) is 24.8 Å². The van der Waals surface area contributed by atoms with E-state index >= 15 is 0 Å². The molecular weight excluding hydrogens is 488 g/mol. The van der Waals surface area contributed by atoms with Crippen LogP contribution in [0, 0.1) is 5.92 Å². The van der Waals surface area contributed by atoms with Gasteiger partial charge in [-0.2, -0.15) is 0 Å². The minimum absolute atomic E-state index is 0.137. The van der Waals surface area contributed by atoms with E-state index in [9.17, 15) is 4.79 Å². The quantitative estimate of drug-likeness (QED) is 0.404. The van der Waals surface area contributed by atoms with Gasteiger partial charge in [-0.1, -0.05) is 30.3 Å². The van der Waals surface area contributed by atoms with Crippen LogP contribution in [0.4, 0.5) is 5.82 Å². The molecule has 4 heterocycles. The number of hydrogen-bond donors (Lipinski definition) is 2. The Morgan fingerprint density at radius 3 is 2.76 bits per heavy atom. The van der Waals surface area contributed by atoms with E-state index in [-0.39, 0.29) is 24.3 Å². The largest absolute Gasteiger partial charge is 0.461 e. The van der Waals surface area contributed by atoms with Crippen LogP contribution in [0.5, 0.6) is 0 Å². The zero-order chi connectivity index (χ0) is 26.3. The predicted octanol–water partition coefficient (Wildman–Crippen LogP) is 2.72. The number of esters is 1. The fraction of sp³-hybridized carbons (Fsp3) is 0.556. The van der Waals surface area contributed by atoms with Gasteiger partial charge in [0.15, 0.2) is 23.5 Å². The first-order valence-corrected chi connectivity index (χ1v) is 13.2. The molecule has 6 rings (SSSR count). The SMILES string of the molecule is CC1(C)O[C@@H]2[C@H](O1)[C@@H](CNC1CC(CCC(=O)OCc3ccccc3)C1)O[C@H]2n1cnc2c(N)ncnc21. The van der Waals surface area contributed by atoms with E-state index in [1.165, 1.54) is 6.33 Å². The number of anilines is 1. The molecule has 0 radical (unpaired) electrons. The lowest BCUT2D eigenvalue weighted by Gasteiger charge is -2.37. The van der Waals surface area contributed by atoms with Gasteiger partial charge in [0, 0.05) is 19.0 Å². The highest BCUT2D eigenvalue weighted by molar-refractivity contribution is 5.81. The lowest BCUT2D eigenvalue weighted by atomic mass is 9.77. The molecule has 0 spiro atoms. The summed E-state index contributed by atoms with van der Waals surface area (Å²) in [6.45, 7) is 4.80. The molecular formula is C27H34N6O5. The molecule has 3 fully saturated rings. The average Bonchev–Trinajstić information content (AvgIpc) is 3.53. The van der Waals surface area contributed by atoms with Crippen LogP contribution in [0.1, 0.15) is 51.3 Å². The van der Waals surface area contributed by atoms with E-state index in [2.05, 4.69) is 20.3 Å². The number of nitrogens with one attached hydrogen (secondary N) is 1. The fourth-order valence-corrected chi connectivity index (χ4v) is 5.66. The first-order chi connectivity index (χ1) is 18.4. The average molecular weight is 523 g/mol. The summed E-state index contributed by atoms with van der Waals surface area (Å²) in [6.07, 6.45) is 5.28. The number of ether oxygens (including phenoxy) is 4. The molecule has 0 bridgehead atoms. The number of nitrogens with two attached hydrogens (primary N) is 1. The Kier molecular flexibility index (Phi) is 6.77. The van der Waals surface area contributed by atoms with Crippen molar-refractivity contribution in [3.8, 4) is 0 Å². The van der Waals surface area contributed by atoms with Crippen molar-refractivity contribution in [3.05, 3.63) is 48.5 Å². The van der Waals surface area contributed by atoms with Gasteiger partial charge in [0.05, 0.1) is 6.33 Å². The second-order valence-electron chi connectivity index (χ2n) is 10.8. The van der Waals surface area contributed by atoms with Crippen molar-refractivity contribution in [2.45, 2.75) is 82.5 Å². The summed E-state index contributed by atoms with van der Waals surface area (Å²) in [5.74, 6) is 0.00172. The summed E-state index contributed by atoms with van der Waals surface area (Å²) in [6, 6.07) is 10.1. The second kappa shape index (κ2) is 10.2. The first kappa shape index (κ1) is 25.2. The third-order valence-electron chi connectivity index (χ3n) is 7.63. The number of carbonyl (C=O) groups excluding carboxylic acids is 1. The van der Waals surface area contributed by atoms with Crippen molar-refractivity contribution in [2.75, 3.05) is 12.3 Å². The van der Waals surface area contributed by atoms with E-state index in [1.54, 1.807) is 6.33 Å². The van der Waals surface area contributed by atoms with Gasteiger partial charge in [-0.05, 0) is 44.6 Å². The molecule has 3 N–H and O–H groups in total. The number of benzene rings is 1. The number of imidazole rings is 1. The van der Waals surface area contributed by atoms with Gasteiger partial charge < -0.3 is 30.0 Å². The van der Waals surface area contributed by atoms with Crippen LogP contribution < -0.4 is 11.1 Å². The first-order valence-electron chi connectivity index (χ1n) is 13.2. The molecule has 2 aromatic heterocycles. The highest BCUT2D eigenvalue weighted by Crippen LogP contribution is 2.44. The molecule has 1 aliphatic carbocycles. The molecule has 38 heavy (non-hydrogen) atoms. The minimum atomic E-state index is -0.712. The number of nitrogens with zero attached hydrogens (tertiary/aromatic N) is 4. The van der Waals surface area contributed by atoms with Gasteiger partial charge >= 0.3 is 5.97 Å². The molecule has 0 unspecified atom stereocenters. The summed E-state index contributed by atoms with van der Waals surface area (Å²) in [7, 11) is 0. The molecule has 1 saturated carbocycles. The summed E-state index contributed by atoms with van der Waals surface area (Å²) in [5.41, 5.74) is 8.13. The summed E-state index contributed by atoms with van der Waals surface area (Å²) in [4.78, 5) is 24.9. The Labute approximate surface area is 221 Å². The van der Waals surface area contributed by atoms with Gasteiger partial charge in [-0.3, -0.25) is 9.36 Å². The maximum absolute atomic E-state index is 12.1. The van der Waals surface area contributed by atoms with Crippen molar-refractivity contribution in [1.82, 2.24) is 24.8 Å². The molecule has 3 aromatic rings. The number of fused-ring (bicyclic) bond motifs is 2. The predicted molar refractivity (Wildman–Crippen MR) is 137 cm³/mol. The third-order valence-corrected chi connectivity index (χ3v) is 7.63. The van der Waals surface area contributed by atoms with Crippen LogP contribution in [0.15, 0.2) is 43.0 Å². The molecule has 2 saturated heterocycles. The summed E-state index contributed by atoms with van der Waals surface area (Å²) < 4.78 is 26.2. The molecule has 3 aliphatic rings. The Hall–Kier alpha value is -3.12. The highest BCUT2D eigenvalue weighted by atomic mass is 16.8. The van der Waals surface area contributed by atoms with Crippen molar-refractivity contribution < 1.29 is 23.7 Å². The molecule has 0 amide bonds. The monoisotopic (exact) mass is 522 g/mol. The van der Waals surface area contributed by atoms with Gasteiger partial charge in [-0.15, -0.1) is 0 Å². The lowest BCUT2D eigenvalue weighted by molar-refractivity contribution is -0.196. The number of rotatable bonds is 9. The molecule has 11 heteroatoms. The topological polar surface area (TPSA) is 136 Å². The van der Waals surface area contributed by atoms with Crippen LogP contribution >= 0.6 is 0 Å². The molecule has 4 atom stereocenters. The number of nitrogen functional groups attached to an aromatic ring is 1. The standard InChI is InChI=1S/C27H34N6O5/c1-27(2)37-22-19(36-26(23(22)38-27)33-15-32-21-24(28)30-14-31-25(21)33)12-29-18-10-17(11-18)8-9-20(34)35-13-16-6-4-3-5-7-16/h3-7,14-15,17-19,22-23,26,29H,8-13H2,1-2H3,(H2,28,30,31)/t17?,18?,19-,22-,23-,26-/m1/s1. The smallest absolute Gasteiger partial charge is 0.306 e. The van der Waals surface area contributed by atoms with E-state index in [0.29, 0.717) is 48.5 Å². The zero-order valence-corrected chi connectivity index (χ0v) is 21.7. The molecule has 11 nitrogen and oxygen atoms in total. The maximum Gasteiger partial charge on any atom is 0.306 e. The van der Waals surface area contributed by atoms with E-state index < -0.39 is 12.0 Å². The summed E-state index contributed by atoms with van der Waals surface area (Å²) in [5, 5.41) is 3.63. The molecule has 1 aromatic carbocycles. The van der Waals surface area contributed by atoms with Crippen LogP contribution in [0.25, 0.3) is 11.2 Å². The van der Waals surface area contributed by atoms with Crippen LogP contribution in [-0.4, -0.2) is 62.2 Å². The van der Waals surface area contributed by atoms with Crippen LogP contribution in [-0.2, 0) is 30.3 Å². The van der Waals surface area contributed by atoms with Gasteiger partial charge in [0.2, 0.25) is 0 Å². The van der Waals surface area contributed by atoms with Crippen molar-refractivity contribution in [3.63, 3.8) is 0 Å². The third kappa shape index (κ3) is 5.11. The molecule has 202 valence electrons. The molecule has 2 aliphatic heterocycles. The Bertz CT molecular complexity index is 1280. The fourth-order valence-electron chi connectivity index (χ4n) is 5.66. The number of hydrogen-bond acceptors (Lipinski definition) is 10. The minimum Gasteiger partial charge on any atom is -0.461 e. The van der Waals surface area contributed by atoms with E-state index in [1.807, 2.05) is 48.7 Å². The van der Waals surface area contributed by atoms with Crippen LogP contribution in [0.3, 0.4) is 0 Å². The Balaban J connectivity index is 0.992. The Morgan fingerprint density at radius 2 is 1.95 bits per heavy atom. The Morgan fingerprint density at radius 1 is 1.16 bits per heavy atom. The zero-order valence-electron chi connectivity index (χ0n) is 21.7. The van der Waals surface area contributed by atoms with Crippen LogP contribution in [0.2, 0.25) is 0 Å². The summed E-state index contributed by atoms with van der Waals surface area (Å²) >= 11 is 0. The second-order valence-corrected chi connectivity index (χ2v) is 10.8. The van der Waals surface area contributed by atoms with Crippen molar-refractivity contribution in [1.29, 1.82) is 0 Å². The van der Waals surface area contributed by atoms with Crippen molar-refractivity contribution >= 4 is 23.0 Å². The van der Waals surface area contributed by atoms with E-state index in [4.69, 9.17) is 24.7 Å². The van der Waals surface area contributed by atoms with Gasteiger partial charge in [-0.25, -0.2) is 15.0 Å². The highest BCUT2D eigenvalue weighted by Gasteiger charge is 2.56. The van der Waals surface area contributed by atoms with Crippen molar-refractivity contribution in [2.24, 2.45) is 5.92 Å². The lowest BCUT2D eigenvalue weighted by Crippen LogP contribution is -2.47. The van der Waals surface area contributed by atoms with Gasteiger partial charge in [0.1, 0.15) is 36.8 Å². The maximum atomic E-state index is 12.1. The normalized spacial score (nSPS) is 29.7. The van der Waals surface area contributed by atoms with Gasteiger partial charge in [0.25, 0.3) is 0 Å². The number of aromatic nitrogens is 4.